The largest absolute Gasteiger partial charge is 0.362 e. The normalized spacial score (nSPS) is 18.1. The Hall–Kier alpha value is -2.06. The molecule has 0 aliphatic carbocycles. The van der Waals surface area contributed by atoms with E-state index in [-0.39, 0.29) is 11.5 Å². The molecule has 1 aliphatic heterocycles. The summed E-state index contributed by atoms with van der Waals surface area (Å²) >= 11 is 24.1. The number of aliphatic imine (C=N–C) groups is 1. The van der Waals surface area contributed by atoms with Crippen LogP contribution in [0.1, 0.15) is 0 Å². The third kappa shape index (κ3) is 4.64. The third-order valence-electron chi connectivity index (χ3n) is 4.22. The lowest BCUT2D eigenvalue weighted by Gasteiger charge is -2.26. The highest BCUT2D eigenvalue weighted by Gasteiger charge is 2.45. The number of rotatable bonds is 5. The summed E-state index contributed by atoms with van der Waals surface area (Å²) in [6.45, 7) is 0. The number of anilines is 2. The van der Waals surface area contributed by atoms with E-state index < -0.39 is 33.1 Å². The summed E-state index contributed by atoms with van der Waals surface area (Å²) < 4.78 is 12.2. The molecule has 1 fully saturated rings. The Balaban J connectivity index is 2.00. The van der Waals surface area contributed by atoms with Gasteiger partial charge in [0, 0.05) is 12.7 Å². The van der Waals surface area contributed by atoms with Crippen molar-refractivity contribution < 1.29 is 14.0 Å². The molecule has 2 aromatic carbocycles. The predicted molar refractivity (Wildman–Crippen MR) is 118 cm³/mol. The van der Waals surface area contributed by atoms with E-state index in [9.17, 15) is 14.0 Å². The average molecular weight is 492 g/mol. The number of amides is 3. The van der Waals surface area contributed by atoms with Gasteiger partial charge in [0.25, 0.3) is 0 Å². The van der Waals surface area contributed by atoms with Crippen molar-refractivity contribution >= 4 is 75.6 Å². The summed E-state index contributed by atoms with van der Waals surface area (Å²) in [5.74, 6) is -1.85. The van der Waals surface area contributed by atoms with Gasteiger partial charge in [-0.3, -0.25) is 9.69 Å². The van der Waals surface area contributed by atoms with E-state index in [2.05, 4.69) is 10.3 Å². The monoisotopic (exact) mass is 490 g/mol. The first-order valence-electron chi connectivity index (χ1n) is 8.58. The zero-order valence-corrected chi connectivity index (χ0v) is 18.4. The maximum absolute atomic E-state index is 14.2. The number of carbonyl (C=O) groups is 2. The minimum absolute atomic E-state index is 0.194. The highest BCUT2D eigenvalue weighted by Crippen LogP contribution is 2.37. The Morgan fingerprint density at radius 2 is 1.63 bits per heavy atom. The molecule has 1 heterocycles. The number of amidine groups is 1. The summed E-state index contributed by atoms with van der Waals surface area (Å²) in [7, 11) is 1.33. The van der Waals surface area contributed by atoms with Crippen LogP contribution in [0.3, 0.4) is 0 Å². The molecule has 1 aliphatic rings. The number of alkyl halides is 4. The topological polar surface area (TPSA) is 65.0 Å². The molecule has 6 nitrogen and oxygen atoms in total. The molecule has 3 rings (SSSR count). The standard InChI is InChI=1S/C19H15Cl4FN4O2/c1-27-16(17(29)28(18(27)30)13-10-6-5-9-12(13)24)26-15(14(20)19(21,22)23)25-11-7-3-2-4-8-11/h2-10,14-15,25H,1H3. The van der Waals surface area contributed by atoms with E-state index >= 15 is 0 Å². The number of benzene rings is 2. The Morgan fingerprint density at radius 1 is 1.03 bits per heavy atom. The number of urea groups is 1. The SMILES string of the molecule is CN1C(=O)N(c2ccccc2F)C(=O)C1=NC(Nc1ccccc1)C(Cl)C(Cl)(Cl)Cl. The van der Waals surface area contributed by atoms with Crippen molar-refractivity contribution in [1.29, 1.82) is 0 Å². The number of imide groups is 1. The molecule has 0 spiro atoms. The molecule has 158 valence electrons. The maximum atomic E-state index is 14.2. The number of halogens is 5. The summed E-state index contributed by atoms with van der Waals surface area (Å²) in [5, 5.41) is 1.76. The van der Waals surface area contributed by atoms with Crippen LogP contribution in [-0.2, 0) is 4.79 Å². The molecule has 0 bridgehead atoms. The molecule has 1 N–H and O–H groups in total. The first-order chi connectivity index (χ1) is 14.1. The van der Waals surface area contributed by atoms with Crippen molar-refractivity contribution in [2.24, 2.45) is 4.99 Å². The van der Waals surface area contributed by atoms with Gasteiger partial charge >= 0.3 is 11.9 Å². The molecule has 2 unspecified atom stereocenters. The van der Waals surface area contributed by atoms with Gasteiger partial charge in [-0.15, -0.1) is 11.6 Å². The smallest absolute Gasteiger partial charge is 0.337 e. The molecule has 0 radical (unpaired) electrons. The van der Waals surface area contributed by atoms with Crippen molar-refractivity contribution in [3.05, 3.63) is 60.4 Å². The average Bonchev–Trinajstić information content (AvgIpc) is 2.91. The second-order valence-electron chi connectivity index (χ2n) is 6.28. The first kappa shape index (κ1) is 22.6. The highest BCUT2D eigenvalue weighted by atomic mass is 35.6. The van der Waals surface area contributed by atoms with Gasteiger partial charge in [-0.1, -0.05) is 65.1 Å². The van der Waals surface area contributed by atoms with Gasteiger partial charge < -0.3 is 5.32 Å². The Bertz CT molecular complexity index is 984. The van der Waals surface area contributed by atoms with Gasteiger partial charge in [0.1, 0.15) is 17.4 Å². The maximum Gasteiger partial charge on any atom is 0.337 e. The molecule has 30 heavy (non-hydrogen) atoms. The van der Waals surface area contributed by atoms with Crippen LogP contribution in [-0.4, -0.2) is 45.1 Å². The summed E-state index contributed by atoms with van der Waals surface area (Å²) in [6, 6.07) is 13.4. The van der Waals surface area contributed by atoms with Gasteiger partial charge in [0.05, 0.1) is 5.69 Å². The lowest BCUT2D eigenvalue weighted by Crippen LogP contribution is -2.40. The number of likely N-dealkylation sites (N-methyl/N-ethyl adjacent to an activating group) is 1. The number of hydrogen-bond acceptors (Lipinski definition) is 4. The van der Waals surface area contributed by atoms with E-state index in [1.54, 1.807) is 30.3 Å². The quantitative estimate of drug-likeness (QED) is 0.470. The summed E-state index contributed by atoms with van der Waals surface area (Å²) in [6.07, 6.45) is -1.10. The number of para-hydroxylation sites is 2. The van der Waals surface area contributed by atoms with Crippen LogP contribution in [0.4, 0.5) is 20.6 Å². The van der Waals surface area contributed by atoms with Crippen LogP contribution in [0.15, 0.2) is 59.6 Å². The molecular weight excluding hydrogens is 477 g/mol. The van der Waals surface area contributed by atoms with E-state index in [0.29, 0.717) is 10.6 Å². The fourth-order valence-corrected chi connectivity index (χ4v) is 3.22. The zero-order valence-electron chi connectivity index (χ0n) is 15.4. The van der Waals surface area contributed by atoms with Crippen molar-refractivity contribution in [3.8, 4) is 0 Å². The Labute approximate surface area is 192 Å². The van der Waals surface area contributed by atoms with Crippen molar-refractivity contribution in [3.63, 3.8) is 0 Å². The molecular formula is C19H15Cl4FN4O2. The van der Waals surface area contributed by atoms with Gasteiger partial charge in [-0.25, -0.2) is 19.1 Å². The lowest BCUT2D eigenvalue weighted by atomic mass is 10.2. The second kappa shape index (κ2) is 8.98. The van der Waals surface area contributed by atoms with Gasteiger partial charge in [-0.05, 0) is 24.3 Å². The van der Waals surface area contributed by atoms with Crippen LogP contribution in [0.5, 0.6) is 0 Å². The molecule has 2 aromatic rings. The number of hydrogen-bond donors (Lipinski definition) is 1. The number of nitrogens with one attached hydrogen (secondary N) is 1. The minimum atomic E-state index is -1.94. The van der Waals surface area contributed by atoms with Gasteiger partial charge in [0.15, 0.2) is 0 Å². The van der Waals surface area contributed by atoms with Crippen LogP contribution in [0.25, 0.3) is 0 Å². The number of nitrogens with zero attached hydrogens (tertiary/aromatic N) is 3. The highest BCUT2D eigenvalue weighted by molar-refractivity contribution is 6.70. The van der Waals surface area contributed by atoms with Crippen molar-refractivity contribution in [1.82, 2.24) is 4.90 Å². The molecule has 1 saturated heterocycles. The molecule has 3 amide bonds. The van der Waals surface area contributed by atoms with Crippen molar-refractivity contribution in [2.45, 2.75) is 15.3 Å². The van der Waals surface area contributed by atoms with E-state index in [4.69, 9.17) is 46.4 Å². The second-order valence-corrected chi connectivity index (χ2v) is 9.12. The van der Waals surface area contributed by atoms with E-state index in [1.165, 1.54) is 25.2 Å². The van der Waals surface area contributed by atoms with Gasteiger partial charge in [0.2, 0.25) is 9.63 Å². The first-order valence-corrected chi connectivity index (χ1v) is 10.1. The molecule has 0 aromatic heterocycles. The summed E-state index contributed by atoms with van der Waals surface area (Å²) in [4.78, 5) is 31.5. The third-order valence-corrected chi connectivity index (χ3v) is 5.83. The fourth-order valence-electron chi connectivity index (χ4n) is 2.75. The molecule has 2 atom stereocenters. The van der Waals surface area contributed by atoms with Gasteiger partial charge in [-0.2, -0.15) is 0 Å². The summed E-state index contributed by atoms with van der Waals surface area (Å²) in [5.41, 5.74) is 0.401. The van der Waals surface area contributed by atoms with Crippen LogP contribution in [0.2, 0.25) is 0 Å². The molecule has 0 saturated carbocycles. The lowest BCUT2D eigenvalue weighted by molar-refractivity contribution is -0.111. The van der Waals surface area contributed by atoms with Crippen LogP contribution >= 0.6 is 46.4 Å². The zero-order chi connectivity index (χ0) is 22.1. The predicted octanol–water partition coefficient (Wildman–Crippen LogP) is 5.04. The minimum Gasteiger partial charge on any atom is -0.362 e. The Kier molecular flexibility index (Phi) is 6.77. The Morgan fingerprint density at radius 3 is 2.23 bits per heavy atom. The van der Waals surface area contributed by atoms with Crippen molar-refractivity contribution in [2.75, 3.05) is 17.3 Å². The molecule has 11 heteroatoms. The van der Waals surface area contributed by atoms with E-state index in [1.807, 2.05) is 0 Å². The fraction of sp³-hybridized carbons (Fsp3) is 0.211. The number of carbonyl (C=O) groups excluding carboxylic acids is 2. The van der Waals surface area contributed by atoms with Crippen LogP contribution < -0.4 is 10.2 Å². The van der Waals surface area contributed by atoms with Crippen LogP contribution in [0, 0.1) is 5.82 Å². The van der Waals surface area contributed by atoms with E-state index in [0.717, 1.165) is 11.0 Å².